The average Bonchev–Trinajstić information content (AvgIpc) is 2.56. The van der Waals surface area contributed by atoms with Crippen LogP contribution in [0.15, 0.2) is 48.5 Å². The Morgan fingerprint density at radius 3 is 2.28 bits per heavy atom. The molecule has 2 rings (SSSR count). The molecule has 0 aliphatic heterocycles. The summed E-state index contributed by atoms with van der Waals surface area (Å²) < 4.78 is 44.1. The molecule has 134 valence electrons. The van der Waals surface area contributed by atoms with Crippen LogP contribution in [0.4, 0.5) is 15.8 Å². The van der Waals surface area contributed by atoms with Crippen molar-refractivity contribution in [2.24, 2.45) is 0 Å². The van der Waals surface area contributed by atoms with Crippen LogP contribution in [0.25, 0.3) is 0 Å². The van der Waals surface area contributed by atoms with E-state index in [9.17, 15) is 17.6 Å². The number of nitrogens with one attached hydrogen (secondary N) is 1. The van der Waals surface area contributed by atoms with E-state index in [0.717, 1.165) is 10.6 Å². The van der Waals surface area contributed by atoms with Gasteiger partial charge in [0.1, 0.15) is 17.6 Å². The van der Waals surface area contributed by atoms with Crippen LogP contribution in [-0.4, -0.2) is 33.7 Å². The van der Waals surface area contributed by atoms with Crippen LogP contribution in [-0.2, 0) is 14.8 Å². The lowest BCUT2D eigenvalue weighted by Crippen LogP contribution is -2.45. The van der Waals surface area contributed by atoms with Gasteiger partial charge >= 0.3 is 0 Å². The maximum atomic E-state index is 13.7. The third-order valence-electron chi connectivity index (χ3n) is 3.55. The number of para-hydroxylation sites is 1. The zero-order valence-electron chi connectivity index (χ0n) is 14.1. The quantitative estimate of drug-likeness (QED) is 0.853. The third kappa shape index (κ3) is 4.48. The minimum atomic E-state index is -3.75. The molecule has 25 heavy (non-hydrogen) atoms. The summed E-state index contributed by atoms with van der Waals surface area (Å²) in [6, 6.07) is 10.8. The highest BCUT2D eigenvalue weighted by atomic mass is 32.2. The number of ether oxygens (including phenoxy) is 1. The molecule has 0 saturated carbocycles. The Morgan fingerprint density at radius 2 is 1.76 bits per heavy atom. The van der Waals surface area contributed by atoms with Gasteiger partial charge in [-0.2, -0.15) is 0 Å². The zero-order valence-corrected chi connectivity index (χ0v) is 14.9. The largest absolute Gasteiger partial charge is 0.497 e. The predicted octanol–water partition coefficient (Wildman–Crippen LogP) is 2.63. The Kier molecular flexibility index (Phi) is 5.63. The fourth-order valence-corrected chi connectivity index (χ4v) is 3.51. The van der Waals surface area contributed by atoms with Crippen LogP contribution in [0.3, 0.4) is 0 Å². The average molecular weight is 366 g/mol. The maximum Gasteiger partial charge on any atom is 0.248 e. The second-order valence-corrected chi connectivity index (χ2v) is 7.26. The highest BCUT2D eigenvalue weighted by Gasteiger charge is 2.29. The Hall–Kier alpha value is -2.61. The van der Waals surface area contributed by atoms with E-state index in [1.165, 1.54) is 44.4 Å². The third-order valence-corrected chi connectivity index (χ3v) is 4.79. The van der Waals surface area contributed by atoms with E-state index >= 15 is 0 Å². The molecule has 0 radical (unpaired) electrons. The van der Waals surface area contributed by atoms with E-state index in [1.54, 1.807) is 18.2 Å². The molecule has 8 heteroatoms. The second kappa shape index (κ2) is 7.52. The maximum absolute atomic E-state index is 13.7. The molecule has 0 saturated heterocycles. The summed E-state index contributed by atoms with van der Waals surface area (Å²) in [6.07, 6.45) is 1.00. The normalized spacial score (nSPS) is 12.3. The molecule has 1 amide bonds. The molecule has 0 fully saturated rings. The van der Waals surface area contributed by atoms with Crippen LogP contribution in [0.1, 0.15) is 6.92 Å². The minimum Gasteiger partial charge on any atom is -0.497 e. The fourth-order valence-electron chi connectivity index (χ4n) is 2.34. The first-order valence-electron chi connectivity index (χ1n) is 7.43. The molecule has 1 N–H and O–H groups in total. The van der Waals surface area contributed by atoms with E-state index in [4.69, 9.17) is 4.74 Å². The molecule has 0 aromatic heterocycles. The number of amides is 1. The first kappa shape index (κ1) is 18.7. The molecule has 1 unspecified atom stereocenters. The minimum absolute atomic E-state index is 0.0115. The van der Waals surface area contributed by atoms with Crippen molar-refractivity contribution < 1.29 is 22.3 Å². The number of carbonyl (C=O) groups is 1. The van der Waals surface area contributed by atoms with Gasteiger partial charge in [-0.25, -0.2) is 12.8 Å². The molecular formula is C17H19FN2O4S. The van der Waals surface area contributed by atoms with Gasteiger partial charge in [0.25, 0.3) is 0 Å². The van der Waals surface area contributed by atoms with Gasteiger partial charge in [0, 0.05) is 0 Å². The van der Waals surface area contributed by atoms with E-state index < -0.39 is 27.8 Å². The number of anilines is 2. The van der Waals surface area contributed by atoms with Crippen molar-refractivity contribution in [2.75, 3.05) is 23.0 Å². The first-order valence-corrected chi connectivity index (χ1v) is 9.27. The predicted molar refractivity (Wildman–Crippen MR) is 94.8 cm³/mol. The van der Waals surface area contributed by atoms with Crippen LogP contribution >= 0.6 is 0 Å². The number of carbonyl (C=O) groups excluding carboxylic acids is 1. The Balaban J connectivity index is 2.31. The molecule has 1 atom stereocenters. The van der Waals surface area contributed by atoms with Gasteiger partial charge in [-0.1, -0.05) is 12.1 Å². The van der Waals surface area contributed by atoms with Crippen LogP contribution in [0, 0.1) is 5.82 Å². The van der Waals surface area contributed by atoms with Gasteiger partial charge in [-0.05, 0) is 43.3 Å². The van der Waals surface area contributed by atoms with E-state index in [2.05, 4.69) is 5.32 Å². The fraction of sp³-hybridized carbons (Fsp3) is 0.235. The summed E-state index contributed by atoms with van der Waals surface area (Å²) in [5, 5.41) is 2.41. The van der Waals surface area contributed by atoms with Crippen LogP contribution in [0.2, 0.25) is 0 Å². The second-order valence-electron chi connectivity index (χ2n) is 5.40. The van der Waals surface area contributed by atoms with Crippen molar-refractivity contribution in [3.05, 3.63) is 54.3 Å². The molecule has 0 aliphatic rings. The Bertz CT molecular complexity index is 853. The Labute approximate surface area is 146 Å². The zero-order chi connectivity index (χ0) is 18.6. The number of hydrogen-bond acceptors (Lipinski definition) is 4. The number of nitrogens with zero attached hydrogens (tertiary/aromatic N) is 1. The van der Waals surface area contributed by atoms with Crippen LogP contribution < -0.4 is 14.4 Å². The molecule has 0 bridgehead atoms. The first-order chi connectivity index (χ1) is 11.7. The highest BCUT2D eigenvalue weighted by molar-refractivity contribution is 7.92. The Morgan fingerprint density at radius 1 is 1.16 bits per heavy atom. The lowest BCUT2D eigenvalue weighted by molar-refractivity contribution is -0.116. The summed E-state index contributed by atoms with van der Waals surface area (Å²) in [7, 11) is -2.25. The molecule has 0 heterocycles. The van der Waals surface area contributed by atoms with Gasteiger partial charge in [-0.15, -0.1) is 0 Å². The lowest BCUT2D eigenvalue weighted by Gasteiger charge is -2.28. The number of sulfonamides is 1. The molecule has 2 aromatic carbocycles. The topological polar surface area (TPSA) is 75.7 Å². The van der Waals surface area contributed by atoms with Crippen molar-refractivity contribution in [1.29, 1.82) is 0 Å². The molecular weight excluding hydrogens is 347 g/mol. The summed E-state index contributed by atoms with van der Waals surface area (Å²) in [5.74, 6) is -0.689. The monoisotopic (exact) mass is 366 g/mol. The van der Waals surface area contributed by atoms with E-state index in [-0.39, 0.29) is 5.69 Å². The standard InChI is InChI=1S/C17H19FN2O4S/c1-12(17(21)19-16-7-5-4-6-15(16)18)20(25(3,22)23)13-8-10-14(24-2)11-9-13/h4-12H,1-3H3,(H,19,21). The van der Waals surface area contributed by atoms with Crippen molar-refractivity contribution >= 4 is 27.3 Å². The number of halogens is 1. The number of hydrogen-bond donors (Lipinski definition) is 1. The lowest BCUT2D eigenvalue weighted by atomic mass is 10.2. The summed E-state index contributed by atoms with van der Waals surface area (Å²) in [4.78, 5) is 12.4. The molecule has 0 aliphatic carbocycles. The SMILES string of the molecule is COc1ccc(N(C(C)C(=O)Nc2ccccc2F)S(C)(=O)=O)cc1. The van der Waals surface area contributed by atoms with Gasteiger partial charge in [0.15, 0.2) is 0 Å². The van der Waals surface area contributed by atoms with Gasteiger partial charge in [0.05, 0.1) is 24.7 Å². The van der Waals surface area contributed by atoms with Gasteiger partial charge in [0.2, 0.25) is 15.9 Å². The van der Waals surface area contributed by atoms with Gasteiger partial charge in [-0.3, -0.25) is 9.10 Å². The number of benzene rings is 2. The number of rotatable bonds is 6. The van der Waals surface area contributed by atoms with Crippen molar-refractivity contribution in [3.8, 4) is 5.75 Å². The van der Waals surface area contributed by atoms with Gasteiger partial charge < -0.3 is 10.1 Å². The van der Waals surface area contributed by atoms with Crippen LogP contribution in [0.5, 0.6) is 5.75 Å². The molecule has 2 aromatic rings. The van der Waals surface area contributed by atoms with E-state index in [0.29, 0.717) is 11.4 Å². The molecule has 0 spiro atoms. The smallest absolute Gasteiger partial charge is 0.248 e. The summed E-state index contributed by atoms with van der Waals surface area (Å²) >= 11 is 0. The summed E-state index contributed by atoms with van der Waals surface area (Å²) in [5.41, 5.74) is 0.294. The molecule has 6 nitrogen and oxygen atoms in total. The van der Waals surface area contributed by atoms with E-state index in [1.807, 2.05) is 0 Å². The van der Waals surface area contributed by atoms with Crippen molar-refractivity contribution in [2.45, 2.75) is 13.0 Å². The van der Waals surface area contributed by atoms with Crippen molar-refractivity contribution in [3.63, 3.8) is 0 Å². The summed E-state index contributed by atoms with van der Waals surface area (Å²) in [6.45, 7) is 1.43. The van der Waals surface area contributed by atoms with Crippen molar-refractivity contribution in [1.82, 2.24) is 0 Å². The highest BCUT2D eigenvalue weighted by Crippen LogP contribution is 2.24. The number of methoxy groups -OCH3 is 1.